The number of carboxylic acid groups (broad SMARTS) is 2. The number of carboxylic acids is 2. The summed E-state index contributed by atoms with van der Waals surface area (Å²) in [5, 5.41) is 23.8. The molecule has 10 nitrogen and oxygen atoms in total. The molecule has 262 valence electrons. The number of aromatic carboxylic acids is 1. The Kier molecular flexibility index (Phi) is 10.2. The second-order valence-electron chi connectivity index (χ2n) is 12.8. The van der Waals surface area contributed by atoms with Crippen molar-refractivity contribution in [3.8, 4) is 22.5 Å². The number of para-hydroxylation sites is 1. The topological polar surface area (TPSA) is 160 Å². The Labute approximate surface area is 296 Å². The highest BCUT2D eigenvalue weighted by atomic mass is 32.2. The molecular weight excluding hydrogens is 667 g/mol. The zero-order valence-electron chi connectivity index (χ0n) is 28.3. The van der Waals surface area contributed by atoms with Gasteiger partial charge in [0.05, 0.1) is 11.6 Å². The number of aliphatic carboxylic acids is 1. The van der Waals surface area contributed by atoms with E-state index in [0.29, 0.717) is 52.7 Å². The number of rotatable bonds is 13. The highest BCUT2D eigenvalue weighted by Gasteiger charge is 2.47. The molecule has 0 saturated carbocycles. The van der Waals surface area contributed by atoms with E-state index in [2.05, 4.69) is 15.0 Å². The third-order valence-electron chi connectivity index (χ3n) is 9.29. The van der Waals surface area contributed by atoms with Gasteiger partial charge in [0, 0.05) is 53.0 Å². The van der Waals surface area contributed by atoms with Crippen molar-refractivity contribution < 1.29 is 37.6 Å². The van der Waals surface area contributed by atoms with Crippen molar-refractivity contribution in [1.82, 2.24) is 4.72 Å². The quantitative estimate of drug-likeness (QED) is 0.0764. The molecule has 5 N–H and O–H groups in total. The van der Waals surface area contributed by atoms with Gasteiger partial charge in [-0.15, -0.1) is 0 Å². The standard InChI is InChI=1S/C40H39N3O7S/c1-26-12-5-8-15-33(26)42-27-18-20-31-34(24-27)50-35-25-28(19-21-32(35)38(31)29-13-6-7-14-30(29)39(46)47)43-36-16-9-10-22-40(36,2)51(48,49)41-23-11-3-4-17-37(44)45/h5-10,12-16,18-22,24-25,36,41-42H,3-4,11,17,23H2,1-2H3,(H,44,45)(H,46,47)/p+1. The van der Waals surface area contributed by atoms with Gasteiger partial charge < -0.3 is 19.9 Å². The molecule has 3 aromatic rings. The van der Waals surface area contributed by atoms with Gasteiger partial charge in [-0.3, -0.25) is 4.79 Å². The summed E-state index contributed by atoms with van der Waals surface area (Å²) in [6.07, 6.45) is 8.61. The zero-order chi connectivity index (χ0) is 36.2. The molecule has 3 aliphatic rings. The summed E-state index contributed by atoms with van der Waals surface area (Å²) in [4.78, 5) is 26.6. The van der Waals surface area contributed by atoms with Crippen LogP contribution in [0.15, 0.2) is 114 Å². The van der Waals surface area contributed by atoms with Crippen LogP contribution >= 0.6 is 0 Å². The van der Waals surface area contributed by atoms with E-state index >= 15 is 0 Å². The highest BCUT2D eigenvalue weighted by Crippen LogP contribution is 2.42. The molecule has 0 saturated heterocycles. The summed E-state index contributed by atoms with van der Waals surface area (Å²) in [6.45, 7) is 3.87. The van der Waals surface area contributed by atoms with Gasteiger partial charge in [-0.25, -0.2) is 22.9 Å². The summed E-state index contributed by atoms with van der Waals surface area (Å²) in [7, 11) is -3.87. The van der Waals surface area contributed by atoms with Crippen LogP contribution < -0.4 is 20.4 Å². The van der Waals surface area contributed by atoms with E-state index in [1.807, 2.05) is 67.6 Å². The number of hydrogen-bond acceptors (Lipinski definition) is 6. The van der Waals surface area contributed by atoms with E-state index in [1.165, 1.54) is 0 Å². The maximum Gasteiger partial charge on any atom is 0.336 e. The van der Waals surface area contributed by atoms with E-state index in [4.69, 9.17) is 9.52 Å². The van der Waals surface area contributed by atoms with Gasteiger partial charge in [-0.1, -0.05) is 61.0 Å². The minimum absolute atomic E-state index is 0.0524. The highest BCUT2D eigenvalue weighted by molar-refractivity contribution is 7.91. The molecule has 2 aliphatic carbocycles. The number of sulfonamides is 1. The fourth-order valence-electron chi connectivity index (χ4n) is 6.39. The minimum Gasteiger partial charge on any atom is -0.481 e. The Morgan fingerprint density at radius 2 is 1.69 bits per heavy atom. The van der Waals surface area contributed by atoms with Crippen molar-refractivity contribution in [2.75, 3.05) is 11.9 Å². The summed E-state index contributed by atoms with van der Waals surface area (Å²) >= 11 is 0. The molecule has 0 radical (unpaired) electrons. The SMILES string of the molecule is Cc1ccccc1Nc1ccc2c(-c3ccccc3C(=O)O)c3ccc(=[NH+]C4C=CC=CC4(C)S(=O)(=O)NCCCCCC(=O)O)cc-3oc2c1. The van der Waals surface area contributed by atoms with Crippen LogP contribution in [-0.2, 0) is 14.8 Å². The molecule has 0 bridgehead atoms. The Morgan fingerprint density at radius 1 is 0.902 bits per heavy atom. The average molecular weight is 707 g/mol. The Hall–Kier alpha value is -5.52. The second kappa shape index (κ2) is 14.8. The lowest BCUT2D eigenvalue weighted by Crippen LogP contribution is -2.88. The molecule has 0 aromatic heterocycles. The third kappa shape index (κ3) is 7.50. The summed E-state index contributed by atoms with van der Waals surface area (Å²) in [6, 6.07) is 25.4. The molecule has 2 unspecified atom stereocenters. The Balaban J connectivity index is 1.42. The molecule has 3 aromatic carbocycles. The monoisotopic (exact) mass is 706 g/mol. The fourth-order valence-corrected chi connectivity index (χ4v) is 7.84. The first kappa shape index (κ1) is 35.3. The first-order chi connectivity index (χ1) is 24.5. The molecule has 1 aliphatic heterocycles. The van der Waals surface area contributed by atoms with E-state index in [1.54, 1.807) is 55.5 Å². The normalized spacial score (nSPS) is 17.6. The molecule has 6 rings (SSSR count). The maximum atomic E-state index is 13.7. The largest absolute Gasteiger partial charge is 0.481 e. The number of allylic oxidation sites excluding steroid dienone is 2. The average Bonchev–Trinajstić information content (AvgIpc) is 3.10. The van der Waals surface area contributed by atoms with E-state index in [-0.39, 0.29) is 18.5 Å². The van der Waals surface area contributed by atoms with Gasteiger partial charge in [-0.2, -0.15) is 0 Å². The van der Waals surface area contributed by atoms with Gasteiger partial charge in [0.15, 0.2) is 10.8 Å². The van der Waals surface area contributed by atoms with Crippen molar-refractivity contribution in [2.24, 2.45) is 0 Å². The van der Waals surface area contributed by atoms with Crippen LogP contribution in [0.3, 0.4) is 0 Å². The number of anilines is 2. The molecule has 51 heavy (non-hydrogen) atoms. The van der Waals surface area contributed by atoms with E-state index in [0.717, 1.165) is 22.3 Å². The van der Waals surface area contributed by atoms with Crippen molar-refractivity contribution in [2.45, 2.75) is 50.3 Å². The van der Waals surface area contributed by atoms with Crippen molar-refractivity contribution >= 4 is 44.3 Å². The number of fused-ring (bicyclic) bond motifs is 2. The molecule has 0 spiro atoms. The van der Waals surface area contributed by atoms with Gasteiger partial charge in [0.2, 0.25) is 15.4 Å². The third-order valence-corrected chi connectivity index (χ3v) is 11.4. The predicted molar refractivity (Wildman–Crippen MR) is 197 cm³/mol. The smallest absolute Gasteiger partial charge is 0.336 e. The van der Waals surface area contributed by atoms with Gasteiger partial charge in [0.1, 0.15) is 11.3 Å². The van der Waals surface area contributed by atoms with Crippen LogP contribution in [0.25, 0.3) is 33.4 Å². The Bertz CT molecular complexity index is 2330. The molecule has 11 heteroatoms. The molecule has 0 fully saturated rings. The number of benzene rings is 4. The first-order valence-corrected chi connectivity index (χ1v) is 18.3. The molecule has 2 atom stereocenters. The van der Waals surface area contributed by atoms with E-state index in [9.17, 15) is 23.1 Å². The summed E-state index contributed by atoms with van der Waals surface area (Å²) < 4.78 is 35.3. The zero-order valence-corrected chi connectivity index (χ0v) is 29.2. The maximum absolute atomic E-state index is 13.7. The lowest BCUT2D eigenvalue weighted by Gasteiger charge is -2.29. The van der Waals surface area contributed by atoms with Crippen LogP contribution in [0.2, 0.25) is 0 Å². The Morgan fingerprint density at radius 3 is 2.47 bits per heavy atom. The second-order valence-corrected chi connectivity index (χ2v) is 15.0. The van der Waals surface area contributed by atoms with Gasteiger partial charge in [-0.05, 0) is 74.2 Å². The summed E-state index contributed by atoms with van der Waals surface area (Å²) in [5.41, 5.74) is 5.45. The molecular formula is C40H40N3O7S+. The van der Waals surface area contributed by atoms with Crippen molar-refractivity contribution in [3.05, 3.63) is 126 Å². The van der Waals surface area contributed by atoms with Crippen LogP contribution in [0.4, 0.5) is 11.4 Å². The number of hydrogen-bond donors (Lipinski definition) is 5. The predicted octanol–water partition coefficient (Wildman–Crippen LogP) is 5.75. The number of unbranched alkanes of at least 4 members (excludes halogenated alkanes) is 2. The van der Waals surface area contributed by atoms with Crippen LogP contribution in [0, 0.1) is 6.92 Å². The summed E-state index contributed by atoms with van der Waals surface area (Å²) in [5.74, 6) is -1.43. The number of carbonyl (C=O) groups is 2. The van der Waals surface area contributed by atoms with Crippen LogP contribution in [0.5, 0.6) is 0 Å². The minimum atomic E-state index is -3.87. The number of aryl methyl sites for hydroxylation is 1. The fraction of sp³-hybridized carbons (Fsp3) is 0.225. The van der Waals surface area contributed by atoms with Gasteiger partial charge >= 0.3 is 11.9 Å². The lowest BCUT2D eigenvalue weighted by atomic mass is 9.90. The molecule has 0 amide bonds. The van der Waals surface area contributed by atoms with Crippen molar-refractivity contribution in [3.63, 3.8) is 0 Å². The lowest BCUT2D eigenvalue weighted by molar-refractivity contribution is -0.533. The van der Waals surface area contributed by atoms with Crippen LogP contribution in [-0.4, -0.2) is 47.9 Å². The number of nitrogens with one attached hydrogen (secondary N) is 3. The van der Waals surface area contributed by atoms with Gasteiger partial charge in [0.25, 0.3) is 0 Å². The van der Waals surface area contributed by atoms with Crippen LogP contribution in [0.1, 0.15) is 48.5 Å². The first-order valence-electron chi connectivity index (χ1n) is 16.8. The van der Waals surface area contributed by atoms with Crippen molar-refractivity contribution in [1.29, 1.82) is 0 Å². The van der Waals surface area contributed by atoms with E-state index < -0.39 is 32.8 Å². The molecule has 1 heterocycles.